The molecule has 2 amide bonds. The minimum absolute atomic E-state index is 0.108. The van der Waals surface area contributed by atoms with Crippen LogP contribution in [0.4, 0.5) is 10.6 Å². The van der Waals surface area contributed by atoms with Crippen molar-refractivity contribution in [2.24, 2.45) is 0 Å². The largest absolute Gasteiger partial charge is 0.323 e. The number of carbonyl (C=O) groups excluding carboxylic acids is 1. The fourth-order valence-electron chi connectivity index (χ4n) is 3.08. The number of aromatic nitrogens is 3. The van der Waals surface area contributed by atoms with Crippen molar-refractivity contribution >= 4 is 11.8 Å². The van der Waals surface area contributed by atoms with Crippen LogP contribution in [0.5, 0.6) is 0 Å². The maximum atomic E-state index is 12.4. The molecular formula is C19H19N5O. The standard InChI is InChI=1S/C19H19N5O/c1-13-17(15-7-9-20-10-8-15)22-23-18(13)21-19(25)24-11-16(12-24)14-5-3-2-4-6-14/h2-10,16H,11-12H2,1H3,(H2,21,22,23,25). The van der Waals surface area contributed by atoms with Gasteiger partial charge in [-0.2, -0.15) is 5.10 Å². The number of H-pyrrole nitrogens is 1. The number of urea groups is 1. The van der Waals surface area contributed by atoms with Crippen molar-refractivity contribution in [1.29, 1.82) is 0 Å². The number of rotatable bonds is 3. The Morgan fingerprint density at radius 2 is 1.88 bits per heavy atom. The van der Waals surface area contributed by atoms with Gasteiger partial charge in [-0.05, 0) is 24.6 Å². The van der Waals surface area contributed by atoms with E-state index in [0.717, 1.165) is 29.9 Å². The summed E-state index contributed by atoms with van der Waals surface area (Å²) in [6.45, 7) is 3.41. The molecule has 1 fully saturated rings. The van der Waals surface area contributed by atoms with Crippen molar-refractivity contribution < 1.29 is 4.79 Å². The molecule has 6 heteroatoms. The molecule has 6 nitrogen and oxygen atoms in total. The lowest BCUT2D eigenvalue weighted by atomic mass is 9.92. The van der Waals surface area contributed by atoms with E-state index in [-0.39, 0.29) is 6.03 Å². The van der Waals surface area contributed by atoms with Crippen LogP contribution < -0.4 is 5.32 Å². The third-order valence-corrected chi connectivity index (χ3v) is 4.64. The molecule has 25 heavy (non-hydrogen) atoms. The Morgan fingerprint density at radius 1 is 1.16 bits per heavy atom. The normalized spacial score (nSPS) is 14.2. The van der Waals surface area contributed by atoms with Gasteiger partial charge in [-0.3, -0.25) is 15.4 Å². The van der Waals surface area contributed by atoms with Crippen molar-refractivity contribution in [2.75, 3.05) is 18.4 Å². The van der Waals surface area contributed by atoms with Gasteiger partial charge in [-0.25, -0.2) is 4.79 Å². The summed E-state index contributed by atoms with van der Waals surface area (Å²) in [4.78, 5) is 18.2. The molecule has 0 unspecified atom stereocenters. The zero-order valence-electron chi connectivity index (χ0n) is 13.9. The zero-order valence-corrected chi connectivity index (χ0v) is 13.9. The maximum absolute atomic E-state index is 12.4. The molecule has 126 valence electrons. The highest BCUT2D eigenvalue weighted by Gasteiger charge is 2.32. The first-order valence-electron chi connectivity index (χ1n) is 8.28. The van der Waals surface area contributed by atoms with Crippen molar-refractivity contribution in [1.82, 2.24) is 20.1 Å². The van der Waals surface area contributed by atoms with Gasteiger partial charge in [0.15, 0.2) is 5.82 Å². The lowest BCUT2D eigenvalue weighted by Crippen LogP contribution is -2.50. The number of pyridine rings is 1. The van der Waals surface area contributed by atoms with Crippen molar-refractivity contribution in [3.8, 4) is 11.3 Å². The van der Waals surface area contributed by atoms with E-state index in [2.05, 4.69) is 32.6 Å². The highest BCUT2D eigenvalue weighted by atomic mass is 16.2. The van der Waals surface area contributed by atoms with Gasteiger partial charge in [0, 0.05) is 42.5 Å². The Kier molecular flexibility index (Phi) is 3.93. The van der Waals surface area contributed by atoms with Gasteiger partial charge in [0.2, 0.25) is 0 Å². The number of anilines is 1. The van der Waals surface area contributed by atoms with Crippen LogP contribution in [0.25, 0.3) is 11.3 Å². The second-order valence-electron chi connectivity index (χ2n) is 6.25. The minimum Gasteiger partial charge on any atom is -0.323 e. The van der Waals surface area contributed by atoms with Gasteiger partial charge in [0.25, 0.3) is 0 Å². The van der Waals surface area contributed by atoms with Crippen molar-refractivity contribution in [3.05, 3.63) is 66.0 Å². The number of aromatic amines is 1. The van der Waals surface area contributed by atoms with Gasteiger partial charge in [0.05, 0.1) is 5.69 Å². The monoisotopic (exact) mass is 333 g/mol. The van der Waals surface area contributed by atoms with E-state index in [1.54, 1.807) is 17.3 Å². The zero-order chi connectivity index (χ0) is 17.2. The Morgan fingerprint density at radius 3 is 2.60 bits per heavy atom. The summed E-state index contributed by atoms with van der Waals surface area (Å²) in [5.74, 6) is 0.986. The summed E-state index contributed by atoms with van der Waals surface area (Å²) in [6, 6.07) is 14.0. The Balaban J connectivity index is 1.40. The molecule has 0 bridgehead atoms. The Hall–Kier alpha value is -3.15. The van der Waals surface area contributed by atoms with Gasteiger partial charge in [-0.15, -0.1) is 0 Å². The minimum atomic E-state index is -0.108. The van der Waals surface area contributed by atoms with Crippen LogP contribution in [0.15, 0.2) is 54.9 Å². The molecule has 0 saturated carbocycles. The van der Waals surface area contributed by atoms with Gasteiger partial charge < -0.3 is 4.90 Å². The van der Waals surface area contributed by atoms with Crippen LogP contribution in [0.1, 0.15) is 17.0 Å². The SMILES string of the molecule is Cc1c(NC(=O)N2CC(c3ccccc3)C2)n[nH]c1-c1ccncc1. The Labute approximate surface area is 145 Å². The summed E-state index contributed by atoms with van der Waals surface area (Å²) in [5, 5.41) is 10.1. The second-order valence-corrected chi connectivity index (χ2v) is 6.25. The summed E-state index contributed by atoms with van der Waals surface area (Å²) < 4.78 is 0. The molecule has 3 heterocycles. The first-order valence-corrected chi connectivity index (χ1v) is 8.28. The van der Waals surface area contributed by atoms with E-state index in [9.17, 15) is 4.79 Å². The quantitative estimate of drug-likeness (QED) is 0.771. The molecule has 1 saturated heterocycles. The van der Waals surface area contributed by atoms with Gasteiger partial charge in [-0.1, -0.05) is 30.3 Å². The van der Waals surface area contributed by atoms with Crippen LogP contribution in [-0.4, -0.2) is 39.2 Å². The molecule has 4 rings (SSSR count). The van der Waals surface area contributed by atoms with Crippen LogP contribution >= 0.6 is 0 Å². The van der Waals surface area contributed by atoms with E-state index in [1.165, 1.54) is 5.56 Å². The van der Waals surface area contributed by atoms with Gasteiger partial charge >= 0.3 is 6.03 Å². The topological polar surface area (TPSA) is 73.9 Å². The highest BCUT2D eigenvalue weighted by Crippen LogP contribution is 2.29. The third-order valence-electron chi connectivity index (χ3n) is 4.64. The first kappa shape index (κ1) is 15.4. The Bertz CT molecular complexity index is 869. The second kappa shape index (κ2) is 6.39. The van der Waals surface area contributed by atoms with Crippen LogP contribution in [0.3, 0.4) is 0 Å². The van der Waals surface area contributed by atoms with E-state index < -0.39 is 0 Å². The molecule has 0 atom stereocenters. The average Bonchev–Trinajstić information content (AvgIpc) is 2.96. The van der Waals surface area contributed by atoms with Crippen molar-refractivity contribution in [3.63, 3.8) is 0 Å². The first-order chi connectivity index (χ1) is 12.2. The lowest BCUT2D eigenvalue weighted by molar-refractivity contribution is 0.164. The molecule has 1 aliphatic heterocycles. The molecule has 1 aliphatic rings. The smallest absolute Gasteiger partial charge is 0.323 e. The maximum Gasteiger partial charge on any atom is 0.323 e. The predicted octanol–water partition coefficient (Wildman–Crippen LogP) is 3.41. The molecule has 0 radical (unpaired) electrons. The molecule has 3 aromatic rings. The highest BCUT2D eigenvalue weighted by molar-refractivity contribution is 5.90. The van der Waals surface area contributed by atoms with Gasteiger partial charge in [0.1, 0.15) is 0 Å². The number of nitrogens with zero attached hydrogens (tertiary/aromatic N) is 3. The van der Waals surface area contributed by atoms with Crippen LogP contribution in [-0.2, 0) is 0 Å². The number of carbonyl (C=O) groups is 1. The summed E-state index contributed by atoms with van der Waals surface area (Å²) in [5.41, 5.74) is 4.08. The summed E-state index contributed by atoms with van der Waals surface area (Å²) >= 11 is 0. The van der Waals surface area contributed by atoms with E-state index in [4.69, 9.17) is 0 Å². The molecule has 0 spiro atoms. The molecular weight excluding hydrogens is 314 g/mol. The number of hydrogen-bond acceptors (Lipinski definition) is 3. The molecule has 1 aromatic carbocycles. The van der Waals surface area contributed by atoms with Crippen molar-refractivity contribution in [2.45, 2.75) is 12.8 Å². The predicted molar refractivity (Wildman–Crippen MR) is 96.3 cm³/mol. The van der Waals surface area contributed by atoms with E-state index in [0.29, 0.717) is 11.7 Å². The molecule has 0 aliphatic carbocycles. The number of benzene rings is 1. The number of amides is 2. The fraction of sp³-hybridized carbons (Fsp3) is 0.211. The number of likely N-dealkylation sites (tertiary alicyclic amines) is 1. The molecule has 2 aromatic heterocycles. The van der Waals surface area contributed by atoms with E-state index in [1.807, 2.05) is 37.3 Å². The number of hydrogen-bond donors (Lipinski definition) is 2. The molecule has 2 N–H and O–H groups in total. The average molecular weight is 333 g/mol. The van der Waals surface area contributed by atoms with Crippen LogP contribution in [0, 0.1) is 6.92 Å². The van der Waals surface area contributed by atoms with Crippen LogP contribution in [0.2, 0.25) is 0 Å². The summed E-state index contributed by atoms with van der Waals surface area (Å²) in [6.07, 6.45) is 3.47. The van der Waals surface area contributed by atoms with E-state index >= 15 is 0 Å². The number of nitrogens with one attached hydrogen (secondary N) is 2. The summed E-state index contributed by atoms with van der Waals surface area (Å²) in [7, 11) is 0. The lowest BCUT2D eigenvalue weighted by Gasteiger charge is -2.39. The third kappa shape index (κ3) is 2.98. The fourth-order valence-corrected chi connectivity index (χ4v) is 3.08.